The van der Waals surface area contributed by atoms with Gasteiger partial charge in [0, 0.05) is 33.3 Å². The summed E-state index contributed by atoms with van der Waals surface area (Å²) >= 11 is 0. The second kappa shape index (κ2) is 12.6. The van der Waals surface area contributed by atoms with Gasteiger partial charge in [-0.2, -0.15) is 0 Å². The van der Waals surface area contributed by atoms with Gasteiger partial charge in [-0.1, -0.05) is 60.7 Å². The zero-order chi connectivity index (χ0) is 37.3. The topological polar surface area (TPSA) is 41.6 Å². The molecular formula is C40H17F10N3. The van der Waals surface area contributed by atoms with Crippen LogP contribution >= 0.6 is 0 Å². The summed E-state index contributed by atoms with van der Waals surface area (Å²) < 4.78 is 150. The standard InChI is InChI=1S/C40H17F10N3/c41-31-29(32(42)36(46)39(49)35(31)45)27-21-13-11-19(51-21)25(17-7-3-1-4-8-17)26(18-9-5-2-6-10-18)20-12-14-22(52-20)28(24-16-15-23(27)53-24)30-33(43)37(47)40(50)38(48)34(30)44/h1-16,51H. The zero-order valence-electron chi connectivity index (χ0n) is 26.4. The summed E-state index contributed by atoms with van der Waals surface area (Å²) in [6.07, 6.45) is 4.80. The van der Waals surface area contributed by atoms with Gasteiger partial charge in [-0.05, 0) is 47.6 Å². The fourth-order valence-corrected chi connectivity index (χ4v) is 6.47. The monoisotopic (exact) mass is 729 g/mol. The third kappa shape index (κ3) is 5.21. The van der Waals surface area contributed by atoms with E-state index in [-0.39, 0.29) is 22.4 Å². The van der Waals surface area contributed by atoms with Crippen LogP contribution in [-0.2, 0) is 0 Å². The number of benzene rings is 4. The van der Waals surface area contributed by atoms with E-state index in [9.17, 15) is 26.3 Å². The van der Waals surface area contributed by atoms with E-state index in [1.165, 1.54) is 24.3 Å². The average Bonchev–Trinajstić information content (AvgIpc) is 3.97. The van der Waals surface area contributed by atoms with E-state index >= 15 is 17.6 Å². The summed E-state index contributed by atoms with van der Waals surface area (Å²) in [6.45, 7) is 0. The van der Waals surface area contributed by atoms with E-state index in [2.05, 4.69) is 15.0 Å². The minimum atomic E-state index is -2.42. The van der Waals surface area contributed by atoms with Crippen molar-refractivity contribution in [2.24, 2.45) is 0 Å². The van der Waals surface area contributed by atoms with E-state index in [1.54, 1.807) is 60.7 Å². The van der Waals surface area contributed by atoms with Crippen LogP contribution in [-0.4, -0.2) is 15.0 Å². The molecule has 0 atom stereocenters. The number of hydrogen-bond donors (Lipinski definition) is 1. The van der Waals surface area contributed by atoms with Crippen LogP contribution in [0.25, 0.3) is 79.8 Å². The van der Waals surface area contributed by atoms with Crippen LogP contribution < -0.4 is 0 Å². The first kappa shape index (κ1) is 33.6. The number of H-pyrrole nitrogens is 1. The van der Waals surface area contributed by atoms with Crippen molar-refractivity contribution < 1.29 is 43.9 Å². The highest BCUT2D eigenvalue weighted by molar-refractivity contribution is 6.01. The van der Waals surface area contributed by atoms with E-state index in [0.717, 1.165) is 12.2 Å². The van der Waals surface area contributed by atoms with Crippen LogP contribution in [0, 0.1) is 58.2 Å². The van der Waals surface area contributed by atoms with Gasteiger partial charge in [-0.3, -0.25) is 0 Å². The Kier molecular flexibility index (Phi) is 8.01. The van der Waals surface area contributed by atoms with Crippen molar-refractivity contribution in [3.8, 4) is 44.5 Å². The van der Waals surface area contributed by atoms with Gasteiger partial charge >= 0.3 is 0 Å². The lowest BCUT2D eigenvalue weighted by Gasteiger charge is -2.12. The number of fused-ring (bicyclic) bond motifs is 6. The van der Waals surface area contributed by atoms with Crippen molar-refractivity contribution >= 4 is 35.3 Å². The van der Waals surface area contributed by atoms with Crippen molar-refractivity contribution in [2.45, 2.75) is 0 Å². The molecule has 4 heterocycles. The third-order valence-corrected chi connectivity index (χ3v) is 8.82. The van der Waals surface area contributed by atoms with Gasteiger partial charge in [0.05, 0.1) is 33.9 Å². The zero-order valence-corrected chi connectivity index (χ0v) is 26.4. The third-order valence-electron chi connectivity index (χ3n) is 8.82. The van der Waals surface area contributed by atoms with Gasteiger partial charge in [-0.25, -0.2) is 53.9 Å². The maximum atomic E-state index is 15.6. The number of rotatable bonds is 4. The molecule has 4 aromatic carbocycles. The number of nitrogens with zero attached hydrogens (tertiary/aromatic N) is 2. The number of hydrogen-bond acceptors (Lipinski definition) is 2. The lowest BCUT2D eigenvalue weighted by molar-refractivity contribution is 0.381. The van der Waals surface area contributed by atoms with Crippen molar-refractivity contribution in [1.29, 1.82) is 0 Å². The summed E-state index contributed by atoms with van der Waals surface area (Å²) in [6, 6.07) is 20.1. The minimum absolute atomic E-state index is 0.164. The first-order valence-corrected chi connectivity index (χ1v) is 15.6. The van der Waals surface area contributed by atoms with E-state index in [4.69, 9.17) is 0 Å². The molecule has 0 unspecified atom stereocenters. The van der Waals surface area contributed by atoms with Crippen LogP contribution in [0.5, 0.6) is 0 Å². The Morgan fingerprint density at radius 2 is 0.623 bits per heavy atom. The molecular weight excluding hydrogens is 712 g/mol. The molecule has 0 fully saturated rings. The number of nitrogens with one attached hydrogen (secondary N) is 1. The first-order valence-electron chi connectivity index (χ1n) is 15.6. The van der Waals surface area contributed by atoms with Gasteiger partial charge in [-0.15, -0.1) is 0 Å². The van der Waals surface area contributed by atoms with Crippen LogP contribution in [0.4, 0.5) is 43.9 Å². The summed E-state index contributed by atoms with van der Waals surface area (Å²) in [5, 5.41) is 0. The molecule has 0 saturated carbocycles. The van der Waals surface area contributed by atoms with Crippen LogP contribution in [0.3, 0.4) is 0 Å². The SMILES string of the molecule is Fc1c(F)c(F)c(-c2c3nc(c(-c4ccccc4)c(-c4ccccc4)c4ccc([nH]4)c(-c4c(F)c(F)c(F)c(F)c4F)c4nc2C=C4)C=C3)c(F)c1F. The maximum Gasteiger partial charge on any atom is 0.200 e. The van der Waals surface area contributed by atoms with E-state index in [1.807, 2.05) is 0 Å². The van der Waals surface area contributed by atoms with Gasteiger partial charge in [0.25, 0.3) is 0 Å². The molecule has 0 amide bonds. The second-order valence-corrected chi connectivity index (χ2v) is 11.8. The predicted molar refractivity (Wildman–Crippen MR) is 180 cm³/mol. The smallest absolute Gasteiger partial charge is 0.200 e. The van der Waals surface area contributed by atoms with Crippen molar-refractivity contribution in [3.63, 3.8) is 0 Å². The Bertz CT molecular complexity index is 2660. The average molecular weight is 730 g/mol. The second-order valence-electron chi connectivity index (χ2n) is 11.8. The number of aromatic nitrogens is 3. The molecule has 6 aromatic rings. The summed E-state index contributed by atoms with van der Waals surface area (Å²) in [7, 11) is 0. The van der Waals surface area contributed by atoms with E-state index in [0.29, 0.717) is 22.3 Å². The molecule has 2 aromatic heterocycles. The number of halogens is 10. The fraction of sp³-hybridized carbons (Fsp3) is 0. The molecule has 6 bridgehead atoms. The highest BCUT2D eigenvalue weighted by Gasteiger charge is 2.33. The Hall–Kier alpha value is -6.50. The van der Waals surface area contributed by atoms with Gasteiger partial charge < -0.3 is 4.98 Å². The largest absolute Gasteiger partial charge is 0.354 e. The Morgan fingerprint density at radius 3 is 1.06 bits per heavy atom. The predicted octanol–water partition coefficient (Wildman–Crippen LogP) is 11.7. The highest BCUT2D eigenvalue weighted by Crippen LogP contribution is 2.43. The number of aromatic amines is 1. The molecule has 262 valence electrons. The molecule has 2 aliphatic rings. The molecule has 8 rings (SSSR count). The minimum Gasteiger partial charge on any atom is -0.354 e. The first-order chi connectivity index (χ1) is 25.5. The molecule has 0 spiro atoms. The lowest BCUT2D eigenvalue weighted by atomic mass is 9.94. The van der Waals surface area contributed by atoms with E-state index < -0.39 is 91.8 Å². The quantitative estimate of drug-likeness (QED) is 0.111. The van der Waals surface area contributed by atoms with Crippen LogP contribution in [0.1, 0.15) is 22.8 Å². The molecule has 1 N–H and O–H groups in total. The molecule has 0 aliphatic carbocycles. The van der Waals surface area contributed by atoms with Gasteiger partial charge in [0.2, 0.25) is 11.6 Å². The van der Waals surface area contributed by atoms with Crippen LogP contribution in [0.15, 0.2) is 72.8 Å². The molecule has 53 heavy (non-hydrogen) atoms. The van der Waals surface area contributed by atoms with Crippen molar-refractivity contribution in [1.82, 2.24) is 15.0 Å². The molecule has 2 aliphatic heterocycles. The van der Waals surface area contributed by atoms with Gasteiger partial charge in [0.15, 0.2) is 46.5 Å². The molecule has 3 nitrogen and oxygen atoms in total. The fourth-order valence-electron chi connectivity index (χ4n) is 6.47. The normalized spacial score (nSPS) is 12.2. The lowest BCUT2D eigenvalue weighted by Crippen LogP contribution is -2.06. The maximum absolute atomic E-state index is 15.6. The molecule has 13 heteroatoms. The van der Waals surface area contributed by atoms with Crippen molar-refractivity contribution in [2.75, 3.05) is 0 Å². The Labute approximate surface area is 292 Å². The Balaban J connectivity index is 1.66. The molecule has 0 radical (unpaired) electrons. The summed E-state index contributed by atoms with van der Waals surface area (Å²) in [5.74, 6) is -22.8. The van der Waals surface area contributed by atoms with Gasteiger partial charge in [0.1, 0.15) is 0 Å². The summed E-state index contributed by atoms with van der Waals surface area (Å²) in [5.41, 5.74) is -3.43. The Morgan fingerprint density at radius 1 is 0.302 bits per heavy atom. The van der Waals surface area contributed by atoms with Crippen molar-refractivity contribution in [3.05, 3.63) is 154 Å². The van der Waals surface area contributed by atoms with Crippen LogP contribution in [0.2, 0.25) is 0 Å². The highest BCUT2D eigenvalue weighted by atomic mass is 19.2. The molecule has 0 saturated heterocycles. The summed E-state index contributed by atoms with van der Waals surface area (Å²) in [4.78, 5) is 11.9.